The van der Waals surface area contributed by atoms with Gasteiger partial charge in [0.1, 0.15) is 17.5 Å². The summed E-state index contributed by atoms with van der Waals surface area (Å²) in [4.78, 5) is 12.5. The van der Waals surface area contributed by atoms with E-state index in [1.807, 2.05) is 13.8 Å². The number of hydrogen-bond acceptors (Lipinski definition) is 4. The predicted molar refractivity (Wildman–Crippen MR) is 90.2 cm³/mol. The van der Waals surface area contributed by atoms with Crippen LogP contribution < -0.4 is 10.1 Å². The summed E-state index contributed by atoms with van der Waals surface area (Å²) < 4.78 is 16.2. The van der Waals surface area contributed by atoms with E-state index in [4.69, 9.17) is 25.8 Å². The minimum absolute atomic E-state index is 0.107. The lowest BCUT2D eigenvalue weighted by Gasteiger charge is -2.26. The molecule has 1 aromatic rings. The van der Waals surface area contributed by atoms with Crippen molar-refractivity contribution in [3.8, 4) is 5.75 Å². The van der Waals surface area contributed by atoms with Crippen LogP contribution in [-0.2, 0) is 14.3 Å². The molecule has 128 valence electrons. The number of ether oxygens (including phenoxy) is 3. The van der Waals surface area contributed by atoms with Gasteiger partial charge in [0.25, 0.3) is 5.91 Å². The molecule has 0 aliphatic heterocycles. The Morgan fingerprint density at radius 2 is 2.13 bits per heavy atom. The van der Waals surface area contributed by atoms with Crippen LogP contribution in [0.4, 0.5) is 5.69 Å². The van der Waals surface area contributed by atoms with Gasteiger partial charge in [0, 0.05) is 19.9 Å². The van der Waals surface area contributed by atoms with Crippen molar-refractivity contribution < 1.29 is 19.0 Å². The molecule has 0 bridgehead atoms. The maximum atomic E-state index is 12.5. The fourth-order valence-corrected chi connectivity index (χ4v) is 2.72. The summed E-state index contributed by atoms with van der Waals surface area (Å²) in [6.45, 7) is 4.20. The number of benzene rings is 1. The molecular weight excluding hydrogens is 318 g/mol. The van der Waals surface area contributed by atoms with Gasteiger partial charge in [0.2, 0.25) is 0 Å². The van der Waals surface area contributed by atoms with Crippen LogP contribution in [0.15, 0.2) is 18.2 Å². The van der Waals surface area contributed by atoms with E-state index in [0.29, 0.717) is 23.1 Å². The van der Waals surface area contributed by atoms with E-state index in [9.17, 15) is 4.79 Å². The molecule has 0 saturated heterocycles. The van der Waals surface area contributed by atoms with Crippen molar-refractivity contribution in [2.45, 2.75) is 38.4 Å². The first kappa shape index (κ1) is 18.0. The van der Waals surface area contributed by atoms with Crippen LogP contribution in [0.25, 0.3) is 0 Å². The van der Waals surface area contributed by atoms with E-state index in [1.165, 1.54) is 0 Å². The lowest BCUT2D eigenvalue weighted by atomic mass is 9.99. The number of hydrogen-bond donors (Lipinski definition) is 1. The first-order chi connectivity index (χ1) is 10.9. The van der Waals surface area contributed by atoms with Gasteiger partial charge in [-0.2, -0.15) is 0 Å². The van der Waals surface area contributed by atoms with Crippen LogP contribution in [0.3, 0.4) is 0 Å². The summed E-state index contributed by atoms with van der Waals surface area (Å²) in [5.74, 6) is 0.686. The van der Waals surface area contributed by atoms with Crippen molar-refractivity contribution in [2.24, 2.45) is 5.92 Å². The molecule has 0 unspecified atom stereocenters. The molecule has 2 atom stereocenters. The molecule has 1 saturated carbocycles. The summed E-state index contributed by atoms with van der Waals surface area (Å²) >= 11 is 6.23. The van der Waals surface area contributed by atoms with Crippen LogP contribution in [0.5, 0.6) is 5.75 Å². The fourth-order valence-electron chi connectivity index (χ4n) is 2.49. The van der Waals surface area contributed by atoms with Crippen molar-refractivity contribution in [3.63, 3.8) is 0 Å². The molecule has 1 aromatic carbocycles. The number of nitrogens with one attached hydrogen (secondary N) is 1. The summed E-state index contributed by atoms with van der Waals surface area (Å²) in [7, 11) is 3.19. The van der Waals surface area contributed by atoms with Gasteiger partial charge < -0.3 is 19.5 Å². The van der Waals surface area contributed by atoms with Crippen LogP contribution >= 0.6 is 11.6 Å². The highest BCUT2D eigenvalue weighted by atomic mass is 35.5. The molecule has 1 amide bonds. The Hall–Kier alpha value is -1.30. The van der Waals surface area contributed by atoms with Crippen molar-refractivity contribution in [3.05, 3.63) is 23.2 Å². The van der Waals surface area contributed by atoms with Gasteiger partial charge in [-0.3, -0.25) is 4.79 Å². The summed E-state index contributed by atoms with van der Waals surface area (Å²) in [6, 6.07) is 5.18. The number of halogens is 1. The van der Waals surface area contributed by atoms with E-state index in [-0.39, 0.29) is 17.9 Å². The Bertz CT molecular complexity index is 562. The van der Waals surface area contributed by atoms with Crippen LogP contribution in [-0.4, -0.2) is 38.4 Å². The normalized spacial score (nSPS) is 18.1. The third-order valence-corrected chi connectivity index (χ3v) is 4.45. The minimum Gasteiger partial charge on any atom is -0.487 e. The van der Waals surface area contributed by atoms with Gasteiger partial charge in [-0.25, -0.2) is 0 Å². The van der Waals surface area contributed by atoms with E-state index >= 15 is 0 Å². The van der Waals surface area contributed by atoms with Gasteiger partial charge in [-0.05, 0) is 50.8 Å². The third-order valence-electron chi connectivity index (χ3n) is 4.15. The molecule has 1 aliphatic rings. The number of rotatable bonds is 8. The number of anilines is 1. The largest absolute Gasteiger partial charge is 0.487 e. The van der Waals surface area contributed by atoms with Crippen LogP contribution in [0.2, 0.25) is 5.02 Å². The smallest absolute Gasteiger partial charge is 0.256 e. The molecule has 0 spiro atoms. The molecule has 1 aliphatic carbocycles. The second-order valence-electron chi connectivity index (χ2n) is 6.07. The topological polar surface area (TPSA) is 56.8 Å². The highest BCUT2D eigenvalue weighted by Gasteiger charge is 2.47. The van der Waals surface area contributed by atoms with Crippen LogP contribution in [0, 0.1) is 5.92 Å². The molecular formula is C17H24ClNO4. The Kier molecular flexibility index (Phi) is 5.89. The van der Waals surface area contributed by atoms with Crippen LogP contribution in [0.1, 0.15) is 26.7 Å². The molecule has 0 radical (unpaired) electrons. The quantitative estimate of drug-likeness (QED) is 0.786. The number of methoxy groups -OCH3 is 2. The predicted octanol–water partition coefficient (Wildman–Crippen LogP) is 3.51. The Balaban J connectivity index is 2.04. The number of carbonyl (C=O) groups is 1. The van der Waals surface area contributed by atoms with Crippen molar-refractivity contribution in [1.82, 2.24) is 0 Å². The standard InChI is InChI=1S/C17H24ClNO4/c1-11(10-21-3)23-15-8-7-13(9-14(15)18)19-16(20)17(2,22-4)12-5-6-12/h7-9,11-12H,5-6,10H2,1-4H3,(H,19,20)/t11-,17+/m0/s1. The van der Waals surface area contributed by atoms with Gasteiger partial charge in [-0.15, -0.1) is 0 Å². The van der Waals surface area contributed by atoms with E-state index in [2.05, 4.69) is 5.32 Å². The summed E-state index contributed by atoms with van der Waals surface area (Å²) in [5.41, 5.74) is -0.176. The van der Waals surface area contributed by atoms with E-state index in [1.54, 1.807) is 32.4 Å². The lowest BCUT2D eigenvalue weighted by molar-refractivity contribution is -0.138. The van der Waals surface area contributed by atoms with Gasteiger partial charge in [0.05, 0.1) is 11.6 Å². The lowest BCUT2D eigenvalue weighted by Crippen LogP contribution is -2.44. The highest BCUT2D eigenvalue weighted by molar-refractivity contribution is 6.32. The molecule has 2 rings (SSSR count). The zero-order valence-electron chi connectivity index (χ0n) is 14.0. The Labute approximate surface area is 142 Å². The monoisotopic (exact) mass is 341 g/mol. The zero-order valence-corrected chi connectivity index (χ0v) is 14.8. The van der Waals surface area contributed by atoms with Crippen molar-refractivity contribution in [1.29, 1.82) is 0 Å². The molecule has 1 fully saturated rings. The maximum Gasteiger partial charge on any atom is 0.256 e. The van der Waals surface area contributed by atoms with Gasteiger partial charge >= 0.3 is 0 Å². The first-order valence-electron chi connectivity index (χ1n) is 7.72. The molecule has 0 aromatic heterocycles. The van der Waals surface area contributed by atoms with Crippen molar-refractivity contribution in [2.75, 3.05) is 26.1 Å². The number of carbonyl (C=O) groups excluding carboxylic acids is 1. The van der Waals surface area contributed by atoms with E-state index < -0.39 is 5.60 Å². The van der Waals surface area contributed by atoms with Gasteiger partial charge in [-0.1, -0.05) is 11.6 Å². The second kappa shape index (κ2) is 7.51. The summed E-state index contributed by atoms with van der Waals surface area (Å²) in [5, 5.41) is 3.31. The summed E-state index contributed by atoms with van der Waals surface area (Å²) in [6.07, 6.45) is 1.93. The minimum atomic E-state index is -0.797. The zero-order chi connectivity index (χ0) is 17.0. The molecule has 6 heteroatoms. The van der Waals surface area contributed by atoms with E-state index in [0.717, 1.165) is 12.8 Å². The second-order valence-corrected chi connectivity index (χ2v) is 6.48. The SMILES string of the molecule is COC[C@H](C)Oc1ccc(NC(=O)[C@](C)(OC)C2CC2)cc1Cl. The Morgan fingerprint density at radius 3 is 2.65 bits per heavy atom. The fraction of sp³-hybridized carbons (Fsp3) is 0.588. The molecule has 1 N–H and O–H groups in total. The first-order valence-corrected chi connectivity index (χ1v) is 8.10. The maximum absolute atomic E-state index is 12.5. The van der Waals surface area contributed by atoms with Gasteiger partial charge in [0.15, 0.2) is 0 Å². The molecule has 23 heavy (non-hydrogen) atoms. The average molecular weight is 342 g/mol. The molecule has 0 heterocycles. The third kappa shape index (κ3) is 4.37. The average Bonchev–Trinajstić information content (AvgIpc) is 3.34. The highest BCUT2D eigenvalue weighted by Crippen LogP contribution is 2.42. The van der Waals surface area contributed by atoms with Crippen molar-refractivity contribution >= 4 is 23.2 Å². The number of amides is 1. The molecule has 5 nitrogen and oxygen atoms in total. The Morgan fingerprint density at radius 1 is 1.43 bits per heavy atom.